The Morgan fingerprint density at radius 3 is 2.73 bits per heavy atom. The molecular weight excluding hydrogens is 362 g/mol. The number of anilines is 1. The molecular formula is C20H17N3OS2. The first-order valence-corrected chi connectivity index (χ1v) is 10.2. The van der Waals surface area contributed by atoms with Crippen LogP contribution in [0.5, 0.6) is 0 Å². The number of rotatable bonds is 4. The molecule has 2 aromatic heterocycles. The maximum Gasteiger partial charge on any atom is 0.275 e. The minimum absolute atomic E-state index is 0.187. The van der Waals surface area contributed by atoms with Gasteiger partial charge in [0.2, 0.25) is 0 Å². The predicted octanol–water partition coefficient (Wildman–Crippen LogP) is 5.28. The van der Waals surface area contributed by atoms with E-state index in [9.17, 15) is 4.79 Å². The molecule has 0 bridgehead atoms. The summed E-state index contributed by atoms with van der Waals surface area (Å²) in [7, 11) is 2.02. The average molecular weight is 380 g/mol. The molecule has 1 N–H and O–H groups in total. The van der Waals surface area contributed by atoms with Gasteiger partial charge in [-0.1, -0.05) is 30.3 Å². The van der Waals surface area contributed by atoms with E-state index in [4.69, 9.17) is 0 Å². The van der Waals surface area contributed by atoms with Crippen LogP contribution >= 0.6 is 23.1 Å². The summed E-state index contributed by atoms with van der Waals surface area (Å²) in [6, 6.07) is 18.1. The first-order valence-electron chi connectivity index (χ1n) is 8.12. The number of para-hydroxylation sites is 2. The Balaban J connectivity index is 1.63. The largest absolute Gasteiger partial charge is 0.342 e. The van der Waals surface area contributed by atoms with E-state index in [-0.39, 0.29) is 5.91 Å². The van der Waals surface area contributed by atoms with Crippen molar-refractivity contribution in [1.29, 1.82) is 0 Å². The number of benzene rings is 2. The molecule has 1 amide bonds. The number of aryl methyl sites for hydroxylation is 1. The number of hydrogen-bond acceptors (Lipinski definition) is 4. The van der Waals surface area contributed by atoms with Gasteiger partial charge in [0.1, 0.15) is 10.7 Å². The maximum absolute atomic E-state index is 12.6. The Labute approximate surface area is 159 Å². The summed E-state index contributed by atoms with van der Waals surface area (Å²) >= 11 is 3.09. The Morgan fingerprint density at radius 2 is 1.92 bits per heavy atom. The predicted molar refractivity (Wildman–Crippen MR) is 110 cm³/mol. The third-order valence-electron chi connectivity index (χ3n) is 4.26. The van der Waals surface area contributed by atoms with Gasteiger partial charge >= 0.3 is 0 Å². The summed E-state index contributed by atoms with van der Waals surface area (Å²) in [6.45, 7) is 0. The smallest absolute Gasteiger partial charge is 0.275 e. The van der Waals surface area contributed by atoms with Crippen LogP contribution in [0.3, 0.4) is 0 Å². The van der Waals surface area contributed by atoms with Gasteiger partial charge in [-0.05, 0) is 30.5 Å². The normalized spacial score (nSPS) is 11.0. The van der Waals surface area contributed by atoms with Gasteiger partial charge in [-0.2, -0.15) is 0 Å². The van der Waals surface area contributed by atoms with Crippen molar-refractivity contribution in [3.8, 4) is 10.7 Å². The maximum atomic E-state index is 12.6. The number of nitrogens with zero attached hydrogens (tertiary/aromatic N) is 2. The highest BCUT2D eigenvalue weighted by Gasteiger charge is 2.16. The monoisotopic (exact) mass is 379 g/mol. The highest BCUT2D eigenvalue weighted by atomic mass is 32.2. The molecule has 4 rings (SSSR count). The first kappa shape index (κ1) is 16.9. The molecule has 0 aliphatic carbocycles. The van der Waals surface area contributed by atoms with Crippen molar-refractivity contribution in [2.75, 3.05) is 11.6 Å². The lowest BCUT2D eigenvalue weighted by molar-refractivity contribution is 0.102. The fourth-order valence-electron chi connectivity index (χ4n) is 2.92. The Hall–Kier alpha value is -2.57. The summed E-state index contributed by atoms with van der Waals surface area (Å²) < 4.78 is 2.11. The fraction of sp³-hybridized carbons (Fsp3) is 0.100. The van der Waals surface area contributed by atoms with Crippen LogP contribution in [-0.2, 0) is 7.05 Å². The Kier molecular flexibility index (Phi) is 4.53. The highest BCUT2D eigenvalue weighted by molar-refractivity contribution is 7.98. The van der Waals surface area contributed by atoms with Gasteiger partial charge in [0.15, 0.2) is 0 Å². The van der Waals surface area contributed by atoms with Gasteiger partial charge in [-0.25, -0.2) is 4.98 Å². The summed E-state index contributed by atoms with van der Waals surface area (Å²) in [6.07, 6.45) is 1.99. The quantitative estimate of drug-likeness (QED) is 0.491. The average Bonchev–Trinajstić information content (AvgIpc) is 3.28. The molecule has 130 valence electrons. The number of thiazole rings is 1. The van der Waals surface area contributed by atoms with Crippen molar-refractivity contribution < 1.29 is 4.79 Å². The van der Waals surface area contributed by atoms with Gasteiger partial charge < -0.3 is 9.88 Å². The molecule has 0 fully saturated rings. The second-order valence-corrected chi connectivity index (χ2v) is 7.55. The first-order chi connectivity index (χ1) is 12.7. The third kappa shape index (κ3) is 3.02. The molecule has 0 spiro atoms. The number of amides is 1. The zero-order valence-corrected chi connectivity index (χ0v) is 16.0. The van der Waals surface area contributed by atoms with E-state index in [1.807, 2.05) is 55.1 Å². The lowest BCUT2D eigenvalue weighted by Crippen LogP contribution is -2.12. The molecule has 26 heavy (non-hydrogen) atoms. The van der Waals surface area contributed by atoms with Gasteiger partial charge in [0, 0.05) is 28.2 Å². The van der Waals surface area contributed by atoms with E-state index in [1.54, 1.807) is 11.8 Å². The summed E-state index contributed by atoms with van der Waals surface area (Å²) in [5, 5.41) is 6.78. The van der Waals surface area contributed by atoms with Crippen LogP contribution in [0.15, 0.2) is 64.9 Å². The summed E-state index contributed by atoms with van der Waals surface area (Å²) in [5.74, 6) is -0.187. The van der Waals surface area contributed by atoms with Crippen LogP contribution in [0.25, 0.3) is 21.6 Å². The lowest BCUT2D eigenvalue weighted by atomic mass is 10.2. The third-order valence-corrected chi connectivity index (χ3v) is 5.92. The van der Waals surface area contributed by atoms with Crippen LogP contribution < -0.4 is 5.32 Å². The molecule has 0 atom stereocenters. The number of thioether (sulfide) groups is 1. The molecule has 0 aliphatic heterocycles. The Bertz CT molecular complexity index is 1100. The van der Waals surface area contributed by atoms with Crippen molar-refractivity contribution in [2.24, 2.45) is 7.05 Å². The van der Waals surface area contributed by atoms with Crippen LogP contribution in [0.2, 0.25) is 0 Å². The van der Waals surface area contributed by atoms with Crippen LogP contribution in [0.1, 0.15) is 10.5 Å². The summed E-state index contributed by atoms with van der Waals surface area (Å²) in [5.41, 5.74) is 3.41. The standard InChI is InChI=1S/C20H17N3OS2/c1-23-16-9-5-3-7-13(16)11-17(23)20-22-15(12-26-20)19(24)21-14-8-4-6-10-18(14)25-2/h3-12H,1-2H3,(H,21,24). The molecule has 6 heteroatoms. The number of carbonyl (C=O) groups excluding carboxylic acids is 1. The Morgan fingerprint density at radius 1 is 1.15 bits per heavy atom. The second-order valence-electron chi connectivity index (χ2n) is 5.84. The van der Waals surface area contributed by atoms with Gasteiger partial charge in [-0.3, -0.25) is 4.79 Å². The van der Waals surface area contributed by atoms with E-state index in [2.05, 4.69) is 33.1 Å². The molecule has 0 unspecified atom stereocenters. The van der Waals surface area contributed by atoms with E-state index >= 15 is 0 Å². The number of carbonyl (C=O) groups is 1. The number of hydrogen-bond donors (Lipinski definition) is 1. The molecule has 4 nitrogen and oxygen atoms in total. The van der Waals surface area contributed by atoms with E-state index in [0.29, 0.717) is 5.69 Å². The van der Waals surface area contributed by atoms with Gasteiger partial charge in [0.25, 0.3) is 5.91 Å². The van der Waals surface area contributed by atoms with Crippen molar-refractivity contribution in [1.82, 2.24) is 9.55 Å². The zero-order valence-electron chi connectivity index (χ0n) is 14.4. The highest BCUT2D eigenvalue weighted by Crippen LogP contribution is 2.30. The minimum atomic E-state index is -0.187. The van der Waals surface area contributed by atoms with Crippen molar-refractivity contribution in [3.63, 3.8) is 0 Å². The molecule has 2 heterocycles. The molecule has 2 aromatic carbocycles. The van der Waals surface area contributed by atoms with Crippen LogP contribution in [0, 0.1) is 0 Å². The van der Waals surface area contributed by atoms with E-state index < -0.39 is 0 Å². The number of nitrogens with one attached hydrogen (secondary N) is 1. The van der Waals surface area contributed by atoms with E-state index in [0.717, 1.165) is 26.8 Å². The molecule has 0 aliphatic rings. The van der Waals surface area contributed by atoms with Crippen molar-refractivity contribution >= 4 is 45.6 Å². The van der Waals surface area contributed by atoms with Crippen molar-refractivity contribution in [3.05, 3.63) is 65.7 Å². The second kappa shape index (κ2) is 6.97. The molecule has 0 saturated heterocycles. The fourth-order valence-corrected chi connectivity index (χ4v) is 4.33. The van der Waals surface area contributed by atoms with Gasteiger partial charge in [0.05, 0.1) is 11.4 Å². The van der Waals surface area contributed by atoms with E-state index in [1.165, 1.54) is 16.7 Å². The SMILES string of the molecule is CSc1ccccc1NC(=O)c1csc(-c2cc3ccccc3n2C)n1. The number of aromatic nitrogens is 2. The molecule has 4 aromatic rings. The van der Waals surface area contributed by atoms with Gasteiger partial charge in [-0.15, -0.1) is 23.1 Å². The molecule has 0 saturated carbocycles. The topological polar surface area (TPSA) is 46.9 Å². The molecule has 0 radical (unpaired) electrons. The van der Waals surface area contributed by atoms with Crippen LogP contribution in [0.4, 0.5) is 5.69 Å². The summed E-state index contributed by atoms with van der Waals surface area (Å²) in [4.78, 5) is 18.2. The minimum Gasteiger partial charge on any atom is -0.342 e. The number of fused-ring (bicyclic) bond motifs is 1. The zero-order chi connectivity index (χ0) is 18.1. The van der Waals surface area contributed by atoms with Crippen molar-refractivity contribution in [2.45, 2.75) is 4.90 Å². The van der Waals surface area contributed by atoms with Crippen LogP contribution in [-0.4, -0.2) is 21.7 Å². The lowest BCUT2D eigenvalue weighted by Gasteiger charge is -2.07.